The third-order valence-electron chi connectivity index (χ3n) is 5.13. The molecule has 172 valence electrons. The second-order valence-electron chi connectivity index (χ2n) is 7.29. The van der Waals surface area contributed by atoms with E-state index in [4.69, 9.17) is 0 Å². The van der Waals surface area contributed by atoms with E-state index in [-0.39, 0.29) is 29.4 Å². The van der Waals surface area contributed by atoms with Crippen LogP contribution in [0.3, 0.4) is 0 Å². The van der Waals surface area contributed by atoms with E-state index in [1.807, 2.05) is 4.90 Å². The smallest absolute Gasteiger partial charge is 0.353 e. The van der Waals surface area contributed by atoms with Gasteiger partial charge >= 0.3 is 12.1 Å². The number of carbonyl (C=O) groups excluding carboxylic acids is 1. The highest BCUT2D eigenvalue weighted by Crippen LogP contribution is 2.29. The summed E-state index contributed by atoms with van der Waals surface area (Å²) >= 11 is 0. The number of benzene rings is 1. The number of pyridine rings is 1. The van der Waals surface area contributed by atoms with Crippen molar-refractivity contribution in [2.75, 3.05) is 31.1 Å². The average Bonchev–Trinajstić information content (AvgIpc) is 3.31. The first kappa shape index (κ1) is 22.2. The predicted molar refractivity (Wildman–Crippen MR) is 108 cm³/mol. The first-order chi connectivity index (χ1) is 15.7. The average molecular weight is 462 g/mol. The third kappa shape index (κ3) is 5.07. The van der Waals surface area contributed by atoms with Crippen LogP contribution in [0.15, 0.2) is 47.1 Å². The van der Waals surface area contributed by atoms with E-state index in [2.05, 4.69) is 19.6 Å². The Morgan fingerprint density at radius 1 is 1.09 bits per heavy atom. The predicted octanol–water partition coefficient (Wildman–Crippen LogP) is 2.95. The number of nitro benzene ring substituents is 1. The lowest BCUT2D eigenvalue weighted by molar-refractivity contribution is -0.384. The molecular formula is C20H17F3N6O4. The highest BCUT2D eigenvalue weighted by atomic mass is 19.4. The van der Waals surface area contributed by atoms with Crippen molar-refractivity contribution in [2.45, 2.75) is 12.6 Å². The first-order valence-electron chi connectivity index (χ1n) is 9.84. The normalized spacial score (nSPS) is 14.4. The molecule has 1 amide bonds. The zero-order valence-corrected chi connectivity index (χ0v) is 17.0. The Bertz CT molecular complexity index is 1140. The maximum Gasteiger partial charge on any atom is 0.471 e. The molecule has 0 saturated carbocycles. The summed E-state index contributed by atoms with van der Waals surface area (Å²) in [5, 5.41) is 14.1. The molecule has 1 aliphatic rings. The van der Waals surface area contributed by atoms with E-state index in [0.29, 0.717) is 37.6 Å². The molecule has 3 aromatic rings. The lowest BCUT2D eigenvalue weighted by Crippen LogP contribution is -2.49. The molecule has 2 aromatic heterocycles. The van der Waals surface area contributed by atoms with Gasteiger partial charge in [0.2, 0.25) is 11.7 Å². The van der Waals surface area contributed by atoms with Crippen LogP contribution >= 0.6 is 0 Å². The number of aromatic nitrogens is 3. The Morgan fingerprint density at radius 3 is 2.33 bits per heavy atom. The zero-order chi connectivity index (χ0) is 23.6. The topological polar surface area (TPSA) is 118 Å². The number of alkyl halides is 3. The van der Waals surface area contributed by atoms with Gasteiger partial charge in [0.1, 0.15) is 5.82 Å². The van der Waals surface area contributed by atoms with E-state index in [1.165, 1.54) is 18.3 Å². The molecule has 0 N–H and O–H groups in total. The minimum Gasteiger partial charge on any atom is -0.353 e. The van der Waals surface area contributed by atoms with Gasteiger partial charge in [-0.2, -0.15) is 18.2 Å². The Kier molecular flexibility index (Phi) is 5.94. The summed E-state index contributed by atoms with van der Waals surface area (Å²) in [6, 6.07) is 9.08. The Balaban J connectivity index is 1.32. The molecule has 0 unspecified atom stereocenters. The van der Waals surface area contributed by atoms with Gasteiger partial charge in [-0.15, -0.1) is 0 Å². The summed E-state index contributed by atoms with van der Waals surface area (Å²) in [6.07, 6.45) is -3.20. The molecule has 10 nitrogen and oxygen atoms in total. The molecule has 0 radical (unpaired) electrons. The number of nitrogens with zero attached hydrogens (tertiary/aromatic N) is 6. The van der Waals surface area contributed by atoms with Gasteiger partial charge in [0, 0.05) is 50.1 Å². The van der Waals surface area contributed by atoms with Gasteiger partial charge in [0.05, 0.1) is 11.3 Å². The maximum atomic E-state index is 12.6. The fourth-order valence-corrected chi connectivity index (χ4v) is 3.37. The minimum atomic E-state index is -4.71. The van der Waals surface area contributed by atoms with Gasteiger partial charge in [-0.1, -0.05) is 17.3 Å². The van der Waals surface area contributed by atoms with Crippen LogP contribution in [-0.4, -0.2) is 57.0 Å². The number of nitro groups is 1. The van der Waals surface area contributed by atoms with Gasteiger partial charge < -0.3 is 14.3 Å². The van der Waals surface area contributed by atoms with Crippen LogP contribution in [0.5, 0.6) is 0 Å². The number of halogens is 3. The van der Waals surface area contributed by atoms with Crippen LogP contribution in [0.1, 0.15) is 11.5 Å². The fourth-order valence-electron chi connectivity index (χ4n) is 3.37. The molecule has 1 aromatic carbocycles. The van der Waals surface area contributed by atoms with Crippen molar-refractivity contribution < 1.29 is 27.4 Å². The van der Waals surface area contributed by atoms with Crippen molar-refractivity contribution in [3.63, 3.8) is 0 Å². The van der Waals surface area contributed by atoms with Crippen LogP contribution in [-0.2, 0) is 17.4 Å². The molecule has 1 fully saturated rings. The minimum absolute atomic E-state index is 0.0292. The van der Waals surface area contributed by atoms with E-state index in [9.17, 15) is 28.1 Å². The lowest BCUT2D eigenvalue weighted by atomic mass is 10.1. The second kappa shape index (κ2) is 8.84. The highest BCUT2D eigenvalue weighted by molar-refractivity contribution is 5.79. The van der Waals surface area contributed by atoms with Crippen molar-refractivity contribution in [3.05, 3.63) is 64.2 Å². The van der Waals surface area contributed by atoms with Crippen molar-refractivity contribution in [1.29, 1.82) is 0 Å². The molecule has 4 rings (SSSR count). The molecule has 0 atom stereocenters. The standard InChI is InChI=1S/C20H17F3N6O4/c21-20(22,23)19-25-18(26-33-19)14-3-6-16(24-12-14)27-7-9-28(10-8-27)17(30)11-13-1-4-15(5-2-13)29(31)32/h1-6,12H,7-11H2. The molecule has 0 bridgehead atoms. The van der Waals surface area contributed by atoms with Gasteiger partial charge in [-0.3, -0.25) is 14.9 Å². The maximum absolute atomic E-state index is 12.6. The molecule has 1 saturated heterocycles. The Labute approximate surface area is 184 Å². The Morgan fingerprint density at radius 2 is 1.79 bits per heavy atom. The van der Waals surface area contributed by atoms with Crippen molar-refractivity contribution in [3.8, 4) is 11.4 Å². The van der Waals surface area contributed by atoms with Gasteiger partial charge in [-0.05, 0) is 17.7 Å². The molecule has 33 heavy (non-hydrogen) atoms. The van der Waals surface area contributed by atoms with Crippen LogP contribution in [0.4, 0.5) is 24.7 Å². The number of anilines is 1. The summed E-state index contributed by atoms with van der Waals surface area (Å²) in [5.41, 5.74) is 0.953. The molecule has 13 heteroatoms. The largest absolute Gasteiger partial charge is 0.471 e. The number of rotatable bonds is 5. The Hall–Kier alpha value is -4.03. The quantitative estimate of drug-likeness (QED) is 0.420. The van der Waals surface area contributed by atoms with Gasteiger partial charge in [-0.25, -0.2) is 4.98 Å². The van der Waals surface area contributed by atoms with E-state index >= 15 is 0 Å². The number of carbonyl (C=O) groups is 1. The van der Waals surface area contributed by atoms with E-state index in [0.717, 1.165) is 0 Å². The SMILES string of the molecule is O=C(Cc1ccc([N+](=O)[O-])cc1)N1CCN(c2ccc(-c3noc(C(F)(F)F)n3)cn2)CC1. The molecule has 0 aliphatic carbocycles. The van der Waals surface area contributed by atoms with Crippen LogP contribution in [0, 0.1) is 10.1 Å². The monoisotopic (exact) mass is 462 g/mol. The van der Waals surface area contributed by atoms with Crippen molar-refractivity contribution in [2.24, 2.45) is 0 Å². The van der Waals surface area contributed by atoms with Gasteiger partial charge in [0.25, 0.3) is 5.69 Å². The fraction of sp³-hybridized carbons (Fsp3) is 0.300. The summed E-state index contributed by atoms with van der Waals surface area (Å²) in [5.74, 6) is -1.09. The number of piperazine rings is 1. The van der Waals surface area contributed by atoms with Gasteiger partial charge in [0.15, 0.2) is 0 Å². The summed E-state index contributed by atoms with van der Waals surface area (Å²) in [6.45, 7) is 1.99. The highest BCUT2D eigenvalue weighted by Gasteiger charge is 2.38. The summed E-state index contributed by atoms with van der Waals surface area (Å²) in [7, 11) is 0. The lowest BCUT2D eigenvalue weighted by Gasteiger charge is -2.35. The molecular weight excluding hydrogens is 445 g/mol. The summed E-state index contributed by atoms with van der Waals surface area (Å²) in [4.78, 5) is 34.1. The number of non-ortho nitro benzene ring substituents is 1. The number of amides is 1. The number of hydrogen-bond acceptors (Lipinski definition) is 8. The second-order valence-corrected chi connectivity index (χ2v) is 7.29. The first-order valence-corrected chi connectivity index (χ1v) is 9.84. The van der Waals surface area contributed by atoms with E-state index < -0.39 is 17.0 Å². The number of hydrogen-bond donors (Lipinski definition) is 0. The molecule has 3 heterocycles. The van der Waals surface area contributed by atoms with E-state index in [1.54, 1.807) is 29.2 Å². The van der Waals surface area contributed by atoms with Crippen molar-refractivity contribution in [1.82, 2.24) is 20.0 Å². The van der Waals surface area contributed by atoms with Crippen LogP contribution in [0.2, 0.25) is 0 Å². The molecule has 0 spiro atoms. The zero-order valence-electron chi connectivity index (χ0n) is 17.0. The van der Waals surface area contributed by atoms with Crippen LogP contribution in [0.25, 0.3) is 11.4 Å². The third-order valence-corrected chi connectivity index (χ3v) is 5.13. The summed E-state index contributed by atoms with van der Waals surface area (Å²) < 4.78 is 42.1. The molecule has 1 aliphatic heterocycles. The van der Waals surface area contributed by atoms with Crippen LogP contribution < -0.4 is 4.90 Å². The van der Waals surface area contributed by atoms with Crippen molar-refractivity contribution >= 4 is 17.4 Å².